The van der Waals surface area contributed by atoms with Gasteiger partial charge in [-0.2, -0.15) is 0 Å². The predicted molar refractivity (Wildman–Crippen MR) is 147 cm³/mol. The Labute approximate surface area is 230 Å². The van der Waals surface area contributed by atoms with E-state index >= 15 is 0 Å². The first-order valence-corrected chi connectivity index (χ1v) is 12.8. The number of carbonyl (C=O) groups is 1. The molecule has 208 valence electrons. The maximum absolute atomic E-state index is 13.0. The van der Waals surface area contributed by atoms with Crippen LogP contribution in [0.5, 0.6) is 23.1 Å². The van der Waals surface area contributed by atoms with E-state index < -0.39 is 29.2 Å². The lowest BCUT2D eigenvalue weighted by molar-refractivity contribution is -0.233. The van der Waals surface area contributed by atoms with Crippen LogP contribution in [0.4, 0.5) is 5.69 Å². The van der Waals surface area contributed by atoms with Crippen LogP contribution in [0.25, 0.3) is 11.0 Å². The fraction of sp³-hybridized carbons (Fsp3) is 0.300. The first-order chi connectivity index (χ1) is 19.2. The Morgan fingerprint density at radius 2 is 1.90 bits per heavy atom. The number of amides is 1. The second kappa shape index (κ2) is 11.0. The number of nitrogens with one attached hydrogen (secondary N) is 1. The van der Waals surface area contributed by atoms with Gasteiger partial charge in [-0.15, -0.1) is 0 Å². The second-order valence-electron chi connectivity index (χ2n) is 10.0. The molecule has 0 bridgehead atoms. The molecule has 0 radical (unpaired) electrons. The summed E-state index contributed by atoms with van der Waals surface area (Å²) in [7, 11) is 1.66. The van der Waals surface area contributed by atoms with Crippen molar-refractivity contribution in [3.8, 4) is 23.1 Å². The summed E-state index contributed by atoms with van der Waals surface area (Å²) in [4.78, 5) is 30.0. The van der Waals surface area contributed by atoms with Crippen molar-refractivity contribution in [1.82, 2.24) is 4.98 Å². The zero-order valence-electron chi connectivity index (χ0n) is 22.6. The number of nitrogens with zero attached hydrogens (tertiary/aromatic N) is 1. The van der Waals surface area contributed by atoms with E-state index in [0.29, 0.717) is 23.5 Å². The van der Waals surface area contributed by atoms with Gasteiger partial charge in [-0.3, -0.25) is 4.79 Å². The van der Waals surface area contributed by atoms with E-state index in [1.807, 2.05) is 32.0 Å². The van der Waals surface area contributed by atoms with Crippen molar-refractivity contribution in [2.24, 2.45) is 0 Å². The largest absolute Gasteiger partial charge is 0.505 e. The third kappa shape index (κ3) is 5.49. The SMILES string of the molecule is CO[C@@H]1CC[C@H](Oc2ccc3c(O)c(NC(=O)c4ccnc(Oc5ccccc5)c4)c(=O)oc3c2C)OC1(C)C. The van der Waals surface area contributed by atoms with E-state index in [0.717, 1.165) is 6.42 Å². The number of para-hydroxylation sites is 1. The maximum atomic E-state index is 13.0. The highest BCUT2D eigenvalue weighted by atomic mass is 16.7. The summed E-state index contributed by atoms with van der Waals surface area (Å²) in [5.41, 5.74) is -1.00. The molecule has 2 N–H and O–H groups in total. The molecule has 10 heteroatoms. The van der Waals surface area contributed by atoms with Crippen LogP contribution >= 0.6 is 0 Å². The number of rotatable bonds is 7. The molecule has 0 spiro atoms. The highest BCUT2D eigenvalue weighted by Gasteiger charge is 2.39. The predicted octanol–water partition coefficient (Wildman–Crippen LogP) is 5.56. The number of methoxy groups -OCH3 is 1. The molecule has 1 saturated heterocycles. The minimum Gasteiger partial charge on any atom is -0.505 e. The fourth-order valence-electron chi connectivity index (χ4n) is 4.74. The molecule has 1 aliphatic heterocycles. The molecule has 0 unspecified atom stereocenters. The molecule has 40 heavy (non-hydrogen) atoms. The summed E-state index contributed by atoms with van der Waals surface area (Å²) in [6.45, 7) is 5.61. The van der Waals surface area contributed by atoms with Gasteiger partial charge in [0.05, 0.1) is 17.1 Å². The Morgan fingerprint density at radius 1 is 1.12 bits per heavy atom. The molecule has 4 aromatic rings. The van der Waals surface area contributed by atoms with Crippen molar-refractivity contribution in [3.63, 3.8) is 0 Å². The van der Waals surface area contributed by atoms with Gasteiger partial charge in [0, 0.05) is 36.9 Å². The van der Waals surface area contributed by atoms with E-state index in [4.69, 9.17) is 23.4 Å². The smallest absolute Gasteiger partial charge is 0.364 e. The number of pyridine rings is 1. The number of benzene rings is 2. The van der Waals surface area contributed by atoms with Crippen LogP contribution in [0.3, 0.4) is 0 Å². The number of aryl methyl sites for hydroxylation is 1. The first-order valence-electron chi connectivity index (χ1n) is 12.8. The van der Waals surface area contributed by atoms with Crippen LogP contribution in [-0.2, 0) is 9.47 Å². The monoisotopic (exact) mass is 546 g/mol. The van der Waals surface area contributed by atoms with Gasteiger partial charge >= 0.3 is 5.63 Å². The van der Waals surface area contributed by atoms with E-state index in [9.17, 15) is 14.7 Å². The van der Waals surface area contributed by atoms with Crippen LogP contribution in [0, 0.1) is 6.92 Å². The Balaban J connectivity index is 1.36. The quantitative estimate of drug-likeness (QED) is 0.286. The van der Waals surface area contributed by atoms with E-state index in [2.05, 4.69) is 10.3 Å². The first kappa shape index (κ1) is 27.2. The number of aromatic hydroxyl groups is 1. The minimum atomic E-state index is -0.911. The van der Waals surface area contributed by atoms with Gasteiger partial charge in [0.25, 0.3) is 5.91 Å². The van der Waals surface area contributed by atoms with Gasteiger partial charge in [-0.25, -0.2) is 9.78 Å². The van der Waals surface area contributed by atoms with Gasteiger partial charge in [0.1, 0.15) is 17.1 Å². The molecular formula is C30H30N2O8. The molecule has 1 fully saturated rings. The molecule has 2 aromatic carbocycles. The van der Waals surface area contributed by atoms with Gasteiger partial charge in [-0.1, -0.05) is 18.2 Å². The normalized spacial score (nSPS) is 18.3. The Hall–Kier alpha value is -4.41. The van der Waals surface area contributed by atoms with Gasteiger partial charge < -0.3 is 33.8 Å². The maximum Gasteiger partial charge on any atom is 0.364 e. The van der Waals surface area contributed by atoms with Crippen molar-refractivity contribution in [3.05, 3.63) is 82.3 Å². The highest BCUT2D eigenvalue weighted by Crippen LogP contribution is 2.37. The van der Waals surface area contributed by atoms with Crippen molar-refractivity contribution in [2.75, 3.05) is 12.4 Å². The standard InChI is InChI=1S/C30H30N2O8/c1-17-21(38-24-13-12-22(36-4)30(2,3)40-24)11-10-20-26(33)25(29(35)39-27(17)20)32-28(34)18-14-15-31-23(16-18)37-19-8-6-5-7-9-19/h5-11,14-16,22,24,33H,12-13H2,1-4H3,(H,32,34)/t22-,24-/m1/s1. The van der Waals surface area contributed by atoms with Crippen molar-refractivity contribution >= 4 is 22.6 Å². The van der Waals surface area contributed by atoms with Crippen molar-refractivity contribution in [1.29, 1.82) is 0 Å². The van der Waals surface area contributed by atoms with Crippen LogP contribution in [0.2, 0.25) is 0 Å². The van der Waals surface area contributed by atoms with Crippen molar-refractivity contribution in [2.45, 2.75) is 51.6 Å². The number of anilines is 1. The van der Waals surface area contributed by atoms with E-state index in [1.165, 1.54) is 18.3 Å². The Kier molecular flexibility index (Phi) is 7.46. The molecule has 10 nitrogen and oxygen atoms in total. The third-order valence-electron chi connectivity index (χ3n) is 6.87. The molecule has 0 aliphatic carbocycles. The zero-order valence-corrected chi connectivity index (χ0v) is 22.6. The number of ether oxygens (including phenoxy) is 4. The average molecular weight is 547 g/mol. The van der Waals surface area contributed by atoms with Crippen LogP contribution in [0.1, 0.15) is 42.6 Å². The second-order valence-corrected chi connectivity index (χ2v) is 10.0. The molecule has 1 amide bonds. The van der Waals surface area contributed by atoms with Crippen LogP contribution in [-0.4, -0.2) is 41.1 Å². The summed E-state index contributed by atoms with van der Waals surface area (Å²) < 4.78 is 28.9. The highest BCUT2D eigenvalue weighted by molar-refractivity contribution is 6.06. The van der Waals surface area contributed by atoms with Gasteiger partial charge in [0.2, 0.25) is 12.2 Å². The third-order valence-corrected chi connectivity index (χ3v) is 6.87. The van der Waals surface area contributed by atoms with Crippen LogP contribution < -0.4 is 20.4 Å². The Morgan fingerprint density at radius 3 is 2.62 bits per heavy atom. The summed E-state index contributed by atoms with van der Waals surface area (Å²) in [5.74, 6) is 0.135. The molecule has 5 rings (SSSR count). The van der Waals surface area contributed by atoms with Gasteiger partial charge in [0.15, 0.2) is 11.4 Å². The lowest BCUT2D eigenvalue weighted by Gasteiger charge is -2.41. The van der Waals surface area contributed by atoms with E-state index in [1.54, 1.807) is 38.3 Å². The number of hydrogen-bond acceptors (Lipinski definition) is 9. The minimum absolute atomic E-state index is 0.0521. The molecule has 3 heterocycles. The summed E-state index contributed by atoms with van der Waals surface area (Å²) in [6, 6.07) is 15.1. The molecule has 0 saturated carbocycles. The fourth-order valence-corrected chi connectivity index (χ4v) is 4.74. The summed E-state index contributed by atoms with van der Waals surface area (Å²) >= 11 is 0. The lowest BCUT2D eigenvalue weighted by atomic mass is 9.94. The topological polar surface area (TPSA) is 129 Å². The number of carbonyl (C=O) groups excluding carboxylic acids is 1. The summed E-state index contributed by atoms with van der Waals surface area (Å²) in [5, 5.41) is 13.6. The molecular weight excluding hydrogens is 516 g/mol. The average Bonchev–Trinajstić information content (AvgIpc) is 2.93. The molecule has 2 atom stereocenters. The summed E-state index contributed by atoms with van der Waals surface area (Å²) in [6.07, 6.45) is 2.22. The van der Waals surface area contributed by atoms with Crippen LogP contribution in [0.15, 0.2) is 70.0 Å². The van der Waals surface area contributed by atoms with Crippen molar-refractivity contribution < 1.29 is 33.3 Å². The molecule has 1 aliphatic rings. The zero-order chi connectivity index (χ0) is 28.4. The number of fused-ring (bicyclic) bond motifs is 1. The van der Waals surface area contributed by atoms with Gasteiger partial charge in [-0.05, 0) is 57.5 Å². The van der Waals surface area contributed by atoms with E-state index in [-0.39, 0.29) is 34.2 Å². The number of hydrogen-bond donors (Lipinski definition) is 2. The lowest BCUT2D eigenvalue weighted by Crippen LogP contribution is -2.49. The number of aromatic nitrogens is 1. The Bertz CT molecular complexity index is 1600. The molecule has 2 aromatic heterocycles.